The monoisotopic (exact) mass is 637 g/mol. The number of amides is 4. The molecule has 4 fully saturated rings. The van der Waals surface area contributed by atoms with Crippen LogP contribution in [0.5, 0.6) is 0 Å². The molecule has 4 bridgehead atoms. The Morgan fingerprint density at radius 2 is 1.72 bits per heavy atom. The van der Waals surface area contributed by atoms with E-state index in [4.69, 9.17) is 4.74 Å². The Morgan fingerprint density at radius 3 is 2.30 bits per heavy atom. The van der Waals surface area contributed by atoms with E-state index in [2.05, 4.69) is 26.3 Å². The molecule has 0 saturated heterocycles. The maximum Gasteiger partial charge on any atom is 0.303 e. The van der Waals surface area contributed by atoms with Gasteiger partial charge in [-0.05, 0) is 88.2 Å². The Bertz CT molecular complexity index is 1510. The first kappa shape index (κ1) is 32.9. The predicted octanol–water partition coefficient (Wildman–Crippen LogP) is 1.25. The van der Waals surface area contributed by atoms with Crippen LogP contribution >= 0.6 is 0 Å². The maximum atomic E-state index is 13.6. The lowest BCUT2D eigenvalue weighted by Crippen LogP contribution is -2.60. The number of imidazole rings is 1. The van der Waals surface area contributed by atoms with Crippen LogP contribution in [0, 0.1) is 17.8 Å². The number of carbonyl (C=O) groups is 5. The summed E-state index contributed by atoms with van der Waals surface area (Å²) in [7, 11) is 1.62. The molecule has 0 aliphatic heterocycles. The maximum absolute atomic E-state index is 13.6. The van der Waals surface area contributed by atoms with Crippen molar-refractivity contribution in [1.82, 2.24) is 30.1 Å². The van der Waals surface area contributed by atoms with Gasteiger partial charge in [-0.3, -0.25) is 28.8 Å². The summed E-state index contributed by atoms with van der Waals surface area (Å²) < 4.78 is 7.90. The fourth-order valence-corrected chi connectivity index (χ4v) is 7.86. The molecule has 6 rings (SSSR count). The minimum atomic E-state index is -1.22. The number of likely N-dealkylation sites (N-methyl/N-ethyl adjacent to an activating group) is 1. The summed E-state index contributed by atoms with van der Waals surface area (Å²) in [5, 5.41) is 11.1. The molecule has 2 aromatic rings. The highest BCUT2D eigenvalue weighted by molar-refractivity contribution is 6.00. The summed E-state index contributed by atoms with van der Waals surface area (Å²) in [6.07, 6.45) is 9.59. The average molecular weight is 638 g/mol. The highest BCUT2D eigenvalue weighted by Crippen LogP contribution is 2.55. The molecule has 4 saturated carbocycles. The lowest BCUT2D eigenvalue weighted by Gasteiger charge is -2.56. The topological polar surface area (TPSA) is 183 Å². The van der Waals surface area contributed by atoms with Crippen molar-refractivity contribution in [2.45, 2.75) is 89.4 Å². The van der Waals surface area contributed by atoms with Gasteiger partial charge in [0, 0.05) is 32.3 Å². The number of aromatic nitrogens is 3. The standard InChI is InChI=1S/C32H43N7O7/c1-4-34-30(44)26(46-19(2)40)8-7-23(35-29(43)25-16-33-18-38(25)3)28(42)36-24-6-5-9-39(31(24)45)17-27(41)37-32-13-20-10-21(14-32)12-22(11-20)15-32/h5-6,9,16,18,20-23,26H,4,7-8,10-15,17H2,1-3H3,(H,34,44)(H,35,43)(H,36,42)(H,37,41)/t20?,21?,22?,23-,26?,32?/m0/s1. The molecular weight excluding hydrogens is 594 g/mol. The Kier molecular flexibility index (Phi) is 9.92. The molecule has 4 amide bonds. The second-order valence-electron chi connectivity index (χ2n) is 13.1. The van der Waals surface area contributed by atoms with Gasteiger partial charge in [-0.1, -0.05) is 0 Å². The zero-order valence-electron chi connectivity index (χ0n) is 26.5. The van der Waals surface area contributed by atoms with Gasteiger partial charge in [0.25, 0.3) is 17.4 Å². The van der Waals surface area contributed by atoms with Crippen molar-refractivity contribution in [3.8, 4) is 0 Å². The molecule has 1 unspecified atom stereocenters. The van der Waals surface area contributed by atoms with Gasteiger partial charge in [0.15, 0.2) is 6.10 Å². The number of hydrogen-bond acceptors (Lipinski definition) is 8. The van der Waals surface area contributed by atoms with Gasteiger partial charge >= 0.3 is 5.97 Å². The van der Waals surface area contributed by atoms with E-state index < -0.39 is 41.4 Å². The quantitative estimate of drug-likeness (QED) is 0.237. The van der Waals surface area contributed by atoms with Crippen LogP contribution in [-0.4, -0.2) is 67.9 Å². The Labute approximate surface area is 267 Å². The van der Waals surface area contributed by atoms with Crippen LogP contribution in [0.4, 0.5) is 5.69 Å². The molecule has 4 N–H and O–H groups in total. The molecule has 248 valence electrons. The lowest BCUT2D eigenvalue weighted by molar-refractivity contribution is -0.154. The second kappa shape index (κ2) is 13.9. The summed E-state index contributed by atoms with van der Waals surface area (Å²) >= 11 is 0. The molecule has 2 atom stereocenters. The SMILES string of the molecule is CCNC(=O)C(CC[C@H](NC(=O)c1cncn1C)C(=O)Nc1cccn(CC(=O)NC23CC4CC(CC(C4)C2)C3)c1=O)OC(C)=O. The van der Waals surface area contributed by atoms with Crippen molar-refractivity contribution < 1.29 is 28.7 Å². The first-order valence-electron chi connectivity index (χ1n) is 16.0. The normalized spacial score (nSPS) is 24.0. The van der Waals surface area contributed by atoms with Gasteiger partial charge in [-0.15, -0.1) is 0 Å². The van der Waals surface area contributed by atoms with Crippen LogP contribution < -0.4 is 26.8 Å². The van der Waals surface area contributed by atoms with Crippen LogP contribution in [-0.2, 0) is 37.5 Å². The summed E-state index contributed by atoms with van der Waals surface area (Å²) in [5.74, 6) is -0.801. The summed E-state index contributed by atoms with van der Waals surface area (Å²) in [6, 6.07) is 1.76. The van der Waals surface area contributed by atoms with Crippen molar-refractivity contribution >= 4 is 35.3 Å². The van der Waals surface area contributed by atoms with E-state index in [9.17, 15) is 28.8 Å². The molecule has 2 aromatic heterocycles. The van der Waals surface area contributed by atoms with E-state index in [1.165, 1.54) is 60.1 Å². The molecule has 0 aromatic carbocycles. The Hall–Kier alpha value is -4.49. The molecule has 0 spiro atoms. The summed E-state index contributed by atoms with van der Waals surface area (Å²) in [5.41, 5.74) is -0.660. The van der Waals surface area contributed by atoms with Crippen LogP contribution in [0.1, 0.15) is 75.7 Å². The van der Waals surface area contributed by atoms with Crippen LogP contribution in [0.2, 0.25) is 0 Å². The summed E-state index contributed by atoms with van der Waals surface area (Å²) in [6.45, 7) is 3.00. The number of esters is 1. The van der Waals surface area contributed by atoms with Crippen LogP contribution in [0.15, 0.2) is 35.6 Å². The summed E-state index contributed by atoms with van der Waals surface area (Å²) in [4.78, 5) is 81.3. The van der Waals surface area contributed by atoms with Gasteiger partial charge in [0.2, 0.25) is 11.8 Å². The zero-order chi connectivity index (χ0) is 33.0. The molecule has 4 aliphatic carbocycles. The number of anilines is 1. The molecule has 2 heterocycles. The van der Waals surface area contributed by atoms with Crippen molar-refractivity contribution in [3.05, 3.63) is 46.9 Å². The van der Waals surface area contributed by atoms with Gasteiger partial charge in [-0.2, -0.15) is 0 Å². The fraction of sp³-hybridized carbons (Fsp3) is 0.594. The van der Waals surface area contributed by atoms with E-state index in [-0.39, 0.29) is 42.2 Å². The number of carbonyl (C=O) groups excluding carboxylic acids is 5. The number of nitrogens with zero attached hydrogens (tertiary/aromatic N) is 3. The molecule has 14 heteroatoms. The van der Waals surface area contributed by atoms with Gasteiger partial charge in [-0.25, -0.2) is 4.98 Å². The number of rotatable bonds is 13. The van der Waals surface area contributed by atoms with Crippen LogP contribution in [0.25, 0.3) is 0 Å². The second-order valence-corrected chi connectivity index (χ2v) is 13.1. The zero-order valence-corrected chi connectivity index (χ0v) is 26.5. The third-order valence-electron chi connectivity index (χ3n) is 9.38. The highest BCUT2D eigenvalue weighted by atomic mass is 16.5. The molecule has 14 nitrogen and oxygen atoms in total. The first-order chi connectivity index (χ1) is 21.9. The van der Waals surface area contributed by atoms with Crippen molar-refractivity contribution in [2.75, 3.05) is 11.9 Å². The average Bonchev–Trinajstić information content (AvgIpc) is 3.41. The fourth-order valence-electron chi connectivity index (χ4n) is 7.86. The van der Waals surface area contributed by atoms with E-state index >= 15 is 0 Å². The number of hydrogen-bond donors (Lipinski definition) is 4. The molecular formula is C32H43N7O7. The molecule has 46 heavy (non-hydrogen) atoms. The largest absolute Gasteiger partial charge is 0.452 e. The number of aryl methyl sites for hydroxylation is 1. The van der Waals surface area contributed by atoms with Gasteiger partial charge < -0.3 is 35.1 Å². The number of nitrogens with one attached hydrogen (secondary N) is 4. The van der Waals surface area contributed by atoms with E-state index in [0.29, 0.717) is 24.3 Å². The predicted molar refractivity (Wildman–Crippen MR) is 166 cm³/mol. The Morgan fingerprint density at radius 1 is 1.04 bits per heavy atom. The molecule has 4 aliphatic rings. The Balaban J connectivity index is 1.28. The molecule has 0 radical (unpaired) electrons. The highest BCUT2D eigenvalue weighted by Gasteiger charge is 2.51. The number of pyridine rings is 1. The minimum absolute atomic E-state index is 0.0739. The van der Waals surface area contributed by atoms with Crippen molar-refractivity contribution in [1.29, 1.82) is 0 Å². The van der Waals surface area contributed by atoms with E-state index in [0.717, 1.165) is 19.3 Å². The number of ether oxygens (including phenoxy) is 1. The van der Waals surface area contributed by atoms with Crippen molar-refractivity contribution in [2.24, 2.45) is 24.8 Å². The lowest BCUT2D eigenvalue weighted by atomic mass is 9.53. The van der Waals surface area contributed by atoms with Crippen molar-refractivity contribution in [3.63, 3.8) is 0 Å². The smallest absolute Gasteiger partial charge is 0.303 e. The van der Waals surface area contributed by atoms with E-state index in [1.807, 2.05) is 0 Å². The van der Waals surface area contributed by atoms with Gasteiger partial charge in [0.05, 0.1) is 12.5 Å². The van der Waals surface area contributed by atoms with Gasteiger partial charge in [0.1, 0.15) is 24.0 Å². The third-order valence-corrected chi connectivity index (χ3v) is 9.38. The van der Waals surface area contributed by atoms with E-state index in [1.54, 1.807) is 20.0 Å². The minimum Gasteiger partial charge on any atom is -0.452 e. The third kappa shape index (κ3) is 7.65. The van der Waals surface area contributed by atoms with Crippen LogP contribution in [0.3, 0.4) is 0 Å². The first-order valence-corrected chi connectivity index (χ1v) is 16.0.